The zero-order chi connectivity index (χ0) is 18.5. The number of hydrogen-bond acceptors (Lipinski definition) is 2. The molecule has 1 aliphatic carbocycles. The SMILES string of the molecule is COc1ccccc1CN(C(=S)Nc1cc(Cl)ccc1Cl)C1CCCC1. The predicted octanol–water partition coefficient (Wildman–Crippen LogP) is 6.14. The molecule has 2 aromatic carbocycles. The third kappa shape index (κ3) is 4.61. The fraction of sp³-hybridized carbons (Fsp3) is 0.350. The molecule has 1 aliphatic rings. The summed E-state index contributed by atoms with van der Waals surface area (Å²) in [7, 11) is 1.70. The summed E-state index contributed by atoms with van der Waals surface area (Å²) in [5.74, 6) is 0.874. The quantitative estimate of drug-likeness (QED) is 0.599. The summed E-state index contributed by atoms with van der Waals surface area (Å²) in [6.45, 7) is 0.693. The standard InChI is InChI=1S/C20H22Cl2N2OS/c1-25-19-9-5-2-6-14(19)13-24(16-7-3-4-8-16)20(26)23-18-12-15(21)10-11-17(18)22/h2,5-6,9-12,16H,3-4,7-8,13H2,1H3,(H,23,26). The number of anilines is 1. The van der Waals surface area contributed by atoms with Crippen molar-refractivity contribution >= 4 is 46.2 Å². The van der Waals surface area contributed by atoms with E-state index in [1.54, 1.807) is 25.3 Å². The summed E-state index contributed by atoms with van der Waals surface area (Å²) in [4.78, 5) is 2.25. The third-order valence-corrected chi connectivity index (χ3v) is 5.63. The summed E-state index contributed by atoms with van der Waals surface area (Å²) in [5.41, 5.74) is 1.84. The van der Waals surface area contributed by atoms with Crippen LogP contribution in [0.25, 0.3) is 0 Å². The minimum Gasteiger partial charge on any atom is -0.496 e. The Morgan fingerprint density at radius 2 is 1.92 bits per heavy atom. The van der Waals surface area contributed by atoms with Crippen LogP contribution < -0.4 is 10.1 Å². The molecule has 1 saturated carbocycles. The van der Waals surface area contributed by atoms with Gasteiger partial charge in [0.2, 0.25) is 0 Å². The number of nitrogens with zero attached hydrogens (tertiary/aromatic N) is 1. The Morgan fingerprint density at radius 1 is 1.19 bits per heavy atom. The number of methoxy groups -OCH3 is 1. The molecular weight excluding hydrogens is 387 g/mol. The number of halogens is 2. The van der Waals surface area contributed by atoms with Crippen LogP contribution in [0, 0.1) is 0 Å². The molecule has 0 unspecified atom stereocenters. The summed E-state index contributed by atoms with van der Waals surface area (Å²) in [5, 5.41) is 5.16. The van der Waals surface area contributed by atoms with Crippen LogP contribution in [0.4, 0.5) is 5.69 Å². The topological polar surface area (TPSA) is 24.5 Å². The van der Waals surface area contributed by atoms with Crippen molar-refractivity contribution in [3.63, 3.8) is 0 Å². The molecule has 3 rings (SSSR count). The van der Waals surface area contributed by atoms with Crippen molar-refractivity contribution in [3.8, 4) is 5.75 Å². The fourth-order valence-electron chi connectivity index (χ4n) is 3.38. The Bertz CT molecular complexity index is 778. The predicted molar refractivity (Wildman–Crippen MR) is 113 cm³/mol. The van der Waals surface area contributed by atoms with E-state index in [0.29, 0.717) is 27.7 Å². The van der Waals surface area contributed by atoms with Gasteiger partial charge >= 0.3 is 0 Å². The molecule has 0 aliphatic heterocycles. The lowest BCUT2D eigenvalue weighted by molar-refractivity contribution is 0.305. The van der Waals surface area contributed by atoms with Crippen molar-refractivity contribution < 1.29 is 4.74 Å². The second kappa shape index (κ2) is 8.94. The lowest BCUT2D eigenvalue weighted by Gasteiger charge is -2.32. The molecule has 0 spiro atoms. The van der Waals surface area contributed by atoms with Gasteiger partial charge in [0.05, 0.1) is 17.8 Å². The van der Waals surface area contributed by atoms with E-state index < -0.39 is 0 Å². The van der Waals surface area contributed by atoms with Crippen LogP contribution in [-0.4, -0.2) is 23.2 Å². The lowest BCUT2D eigenvalue weighted by atomic mass is 10.1. The van der Waals surface area contributed by atoms with E-state index >= 15 is 0 Å². The summed E-state index contributed by atoms with van der Waals surface area (Å²) < 4.78 is 5.51. The van der Waals surface area contributed by atoms with Crippen LogP contribution in [0.5, 0.6) is 5.75 Å². The number of thiocarbonyl (C=S) groups is 1. The average Bonchev–Trinajstić information content (AvgIpc) is 3.17. The molecule has 0 amide bonds. The highest BCUT2D eigenvalue weighted by Crippen LogP contribution is 2.30. The summed E-state index contributed by atoms with van der Waals surface area (Å²) in [6, 6.07) is 13.8. The first-order chi connectivity index (χ1) is 12.6. The highest BCUT2D eigenvalue weighted by Gasteiger charge is 2.26. The molecule has 6 heteroatoms. The fourth-order valence-corrected chi connectivity index (χ4v) is 4.04. The Balaban J connectivity index is 1.83. The third-order valence-electron chi connectivity index (χ3n) is 4.73. The number of hydrogen-bond donors (Lipinski definition) is 1. The van der Waals surface area contributed by atoms with E-state index in [1.807, 2.05) is 18.2 Å². The maximum Gasteiger partial charge on any atom is 0.174 e. The van der Waals surface area contributed by atoms with E-state index in [9.17, 15) is 0 Å². The van der Waals surface area contributed by atoms with Gasteiger partial charge in [-0.15, -0.1) is 0 Å². The van der Waals surface area contributed by atoms with E-state index in [0.717, 1.165) is 29.8 Å². The van der Waals surface area contributed by atoms with Crippen molar-refractivity contribution in [3.05, 3.63) is 58.1 Å². The highest BCUT2D eigenvalue weighted by atomic mass is 35.5. The first kappa shape index (κ1) is 19.3. The minimum atomic E-state index is 0.415. The largest absolute Gasteiger partial charge is 0.496 e. The van der Waals surface area contributed by atoms with Crippen LogP contribution in [0.1, 0.15) is 31.2 Å². The molecule has 0 heterocycles. The zero-order valence-electron chi connectivity index (χ0n) is 14.7. The van der Waals surface area contributed by atoms with Crippen molar-refractivity contribution in [2.24, 2.45) is 0 Å². The van der Waals surface area contributed by atoms with Crippen LogP contribution in [-0.2, 0) is 6.54 Å². The van der Waals surface area contributed by atoms with E-state index in [-0.39, 0.29) is 0 Å². The molecule has 0 aromatic heterocycles. The number of benzene rings is 2. The van der Waals surface area contributed by atoms with Gasteiger partial charge in [-0.05, 0) is 49.3 Å². The maximum absolute atomic E-state index is 6.29. The average molecular weight is 409 g/mol. The molecular formula is C20H22Cl2N2OS. The number of ether oxygens (including phenoxy) is 1. The number of rotatable bonds is 5. The highest BCUT2D eigenvalue weighted by molar-refractivity contribution is 7.80. The van der Waals surface area contributed by atoms with Crippen molar-refractivity contribution in [1.29, 1.82) is 0 Å². The first-order valence-corrected chi connectivity index (χ1v) is 9.89. The van der Waals surface area contributed by atoms with E-state index in [2.05, 4.69) is 16.3 Å². The van der Waals surface area contributed by atoms with E-state index in [1.165, 1.54) is 12.8 Å². The molecule has 26 heavy (non-hydrogen) atoms. The van der Waals surface area contributed by atoms with Crippen LogP contribution in [0.2, 0.25) is 10.0 Å². The Kier molecular flexibility index (Phi) is 6.63. The van der Waals surface area contributed by atoms with Crippen LogP contribution in [0.15, 0.2) is 42.5 Å². The maximum atomic E-state index is 6.29. The monoisotopic (exact) mass is 408 g/mol. The van der Waals surface area contributed by atoms with Gasteiger partial charge in [-0.25, -0.2) is 0 Å². The van der Waals surface area contributed by atoms with Crippen LogP contribution >= 0.6 is 35.4 Å². The number of nitrogens with one attached hydrogen (secondary N) is 1. The van der Waals surface area contributed by atoms with Gasteiger partial charge in [-0.3, -0.25) is 0 Å². The molecule has 3 nitrogen and oxygen atoms in total. The molecule has 138 valence electrons. The molecule has 2 aromatic rings. The first-order valence-electron chi connectivity index (χ1n) is 8.73. The minimum absolute atomic E-state index is 0.415. The molecule has 0 bridgehead atoms. The molecule has 1 fully saturated rings. The van der Waals surface area contributed by atoms with Crippen LogP contribution in [0.3, 0.4) is 0 Å². The molecule has 0 radical (unpaired) electrons. The second-order valence-electron chi connectivity index (χ2n) is 6.43. The van der Waals surface area contributed by atoms with Gasteiger partial charge in [-0.1, -0.05) is 54.2 Å². The Labute approximate surface area is 170 Å². The number of para-hydroxylation sites is 1. The van der Waals surface area contributed by atoms with Gasteiger partial charge in [0, 0.05) is 23.2 Å². The smallest absolute Gasteiger partial charge is 0.174 e. The van der Waals surface area contributed by atoms with Gasteiger partial charge in [0.25, 0.3) is 0 Å². The van der Waals surface area contributed by atoms with Crippen molar-refractivity contribution in [2.75, 3.05) is 12.4 Å². The van der Waals surface area contributed by atoms with Gasteiger partial charge in [0.15, 0.2) is 5.11 Å². The van der Waals surface area contributed by atoms with Gasteiger partial charge < -0.3 is 15.0 Å². The second-order valence-corrected chi connectivity index (χ2v) is 7.66. The van der Waals surface area contributed by atoms with Crippen molar-refractivity contribution in [2.45, 2.75) is 38.3 Å². The molecule has 0 atom stereocenters. The molecule has 1 N–H and O–H groups in total. The van der Waals surface area contributed by atoms with Gasteiger partial charge in [0.1, 0.15) is 5.75 Å². The summed E-state index contributed by atoms with van der Waals surface area (Å²) in [6.07, 6.45) is 4.74. The molecule has 0 saturated heterocycles. The normalized spacial score (nSPS) is 14.3. The Hall–Kier alpha value is -1.49. The summed E-state index contributed by atoms with van der Waals surface area (Å²) >= 11 is 18.1. The lowest BCUT2D eigenvalue weighted by Crippen LogP contribution is -2.41. The van der Waals surface area contributed by atoms with Gasteiger partial charge in [-0.2, -0.15) is 0 Å². The zero-order valence-corrected chi connectivity index (χ0v) is 17.0. The Morgan fingerprint density at radius 3 is 2.65 bits per heavy atom. The van der Waals surface area contributed by atoms with E-state index in [4.69, 9.17) is 40.2 Å². The van der Waals surface area contributed by atoms with Crippen molar-refractivity contribution in [1.82, 2.24) is 4.90 Å².